The van der Waals surface area contributed by atoms with Crippen LogP contribution in [0.15, 0.2) is 59.6 Å². The monoisotopic (exact) mass is 396 g/mol. The van der Waals surface area contributed by atoms with E-state index in [1.54, 1.807) is 62.4 Å². The number of sulfone groups is 1. The van der Waals surface area contributed by atoms with E-state index in [4.69, 9.17) is 11.5 Å². The fourth-order valence-corrected chi connectivity index (χ4v) is 3.72. The minimum atomic E-state index is -3.35. The Labute approximate surface area is 163 Å². The molecule has 0 aliphatic heterocycles. The third kappa shape index (κ3) is 3.72. The average Bonchev–Trinajstić information content (AvgIpc) is 2.68. The van der Waals surface area contributed by atoms with Gasteiger partial charge in [0.2, 0.25) is 5.91 Å². The van der Waals surface area contributed by atoms with E-state index in [0.29, 0.717) is 28.1 Å². The average molecular weight is 396 g/mol. The summed E-state index contributed by atoms with van der Waals surface area (Å²) in [6.45, 7) is 3.28. The van der Waals surface area contributed by atoms with E-state index in [-0.39, 0.29) is 10.7 Å². The Morgan fingerprint density at radius 2 is 1.71 bits per heavy atom. The van der Waals surface area contributed by atoms with Crippen molar-refractivity contribution in [3.8, 4) is 22.5 Å². The van der Waals surface area contributed by atoms with E-state index in [2.05, 4.69) is 9.97 Å². The number of amides is 1. The van der Waals surface area contributed by atoms with Gasteiger partial charge in [0, 0.05) is 16.7 Å². The molecule has 1 heterocycles. The van der Waals surface area contributed by atoms with Crippen molar-refractivity contribution in [1.82, 2.24) is 9.97 Å². The second kappa shape index (κ2) is 7.40. The second-order valence-electron chi connectivity index (χ2n) is 6.55. The number of hydrogen-bond acceptors (Lipinski definition) is 6. The van der Waals surface area contributed by atoms with Gasteiger partial charge in [-0.15, -0.1) is 0 Å². The first-order valence-electron chi connectivity index (χ1n) is 8.57. The van der Waals surface area contributed by atoms with Gasteiger partial charge < -0.3 is 11.5 Å². The Morgan fingerprint density at radius 1 is 1.04 bits per heavy atom. The predicted molar refractivity (Wildman–Crippen MR) is 108 cm³/mol. The molecular formula is C20H20N4O3S. The fraction of sp³-hybridized carbons (Fsp3) is 0.150. The minimum absolute atomic E-state index is 0.212. The summed E-state index contributed by atoms with van der Waals surface area (Å²) < 4.78 is 24.5. The molecule has 28 heavy (non-hydrogen) atoms. The lowest BCUT2D eigenvalue weighted by molar-refractivity contribution is 0.100. The SMILES string of the molecule is CC(C)S(=O)(=O)c1ccc(-c2cnc(N)c(-c3cccc(C(N)=O)c3)n2)cc1. The van der Waals surface area contributed by atoms with Crippen molar-refractivity contribution in [1.29, 1.82) is 0 Å². The van der Waals surface area contributed by atoms with E-state index < -0.39 is 21.0 Å². The van der Waals surface area contributed by atoms with Crippen molar-refractivity contribution < 1.29 is 13.2 Å². The maximum Gasteiger partial charge on any atom is 0.248 e. The van der Waals surface area contributed by atoms with Crippen LogP contribution in [0.2, 0.25) is 0 Å². The molecule has 0 fully saturated rings. The lowest BCUT2D eigenvalue weighted by atomic mass is 10.1. The fourth-order valence-electron chi connectivity index (χ4n) is 2.66. The summed E-state index contributed by atoms with van der Waals surface area (Å²) in [5.41, 5.74) is 13.9. The number of aromatic nitrogens is 2. The molecule has 7 nitrogen and oxygen atoms in total. The molecule has 0 radical (unpaired) electrons. The van der Waals surface area contributed by atoms with Crippen LogP contribution in [0.1, 0.15) is 24.2 Å². The highest BCUT2D eigenvalue weighted by atomic mass is 32.2. The van der Waals surface area contributed by atoms with Crippen molar-refractivity contribution in [2.45, 2.75) is 24.0 Å². The van der Waals surface area contributed by atoms with Gasteiger partial charge in [0.25, 0.3) is 0 Å². The summed E-state index contributed by atoms with van der Waals surface area (Å²) in [4.78, 5) is 20.4. The molecule has 0 aliphatic rings. The van der Waals surface area contributed by atoms with Crippen molar-refractivity contribution in [3.63, 3.8) is 0 Å². The number of primary amides is 1. The van der Waals surface area contributed by atoms with E-state index in [0.717, 1.165) is 0 Å². The number of anilines is 1. The summed E-state index contributed by atoms with van der Waals surface area (Å²) >= 11 is 0. The lowest BCUT2D eigenvalue weighted by Gasteiger charge is -2.10. The zero-order valence-corrected chi connectivity index (χ0v) is 16.3. The largest absolute Gasteiger partial charge is 0.382 e. The van der Waals surface area contributed by atoms with E-state index in [1.165, 1.54) is 6.20 Å². The third-order valence-electron chi connectivity index (χ3n) is 4.32. The number of nitrogens with two attached hydrogens (primary N) is 2. The highest BCUT2D eigenvalue weighted by molar-refractivity contribution is 7.92. The topological polar surface area (TPSA) is 129 Å². The van der Waals surface area contributed by atoms with Gasteiger partial charge in [0.15, 0.2) is 9.84 Å². The Balaban J connectivity index is 2.02. The van der Waals surface area contributed by atoms with Crippen LogP contribution >= 0.6 is 0 Å². The van der Waals surface area contributed by atoms with Gasteiger partial charge in [-0.3, -0.25) is 4.79 Å². The molecule has 0 saturated carbocycles. The van der Waals surface area contributed by atoms with Gasteiger partial charge in [0.05, 0.1) is 22.0 Å². The first kappa shape index (κ1) is 19.5. The molecule has 1 aromatic heterocycles. The molecule has 0 spiro atoms. The quantitative estimate of drug-likeness (QED) is 0.682. The van der Waals surface area contributed by atoms with E-state index in [1.807, 2.05) is 0 Å². The van der Waals surface area contributed by atoms with Crippen molar-refractivity contribution in [2.24, 2.45) is 5.73 Å². The summed E-state index contributed by atoms with van der Waals surface area (Å²) in [5, 5.41) is -0.501. The molecule has 0 unspecified atom stereocenters. The summed E-state index contributed by atoms with van der Waals surface area (Å²) in [7, 11) is -3.35. The number of nitrogens with zero attached hydrogens (tertiary/aromatic N) is 2. The van der Waals surface area contributed by atoms with Gasteiger partial charge in [-0.25, -0.2) is 18.4 Å². The summed E-state index contributed by atoms with van der Waals surface area (Å²) in [6.07, 6.45) is 1.52. The Bertz CT molecular complexity index is 1140. The molecule has 8 heteroatoms. The third-order valence-corrected chi connectivity index (χ3v) is 6.49. The molecule has 4 N–H and O–H groups in total. The van der Waals surface area contributed by atoms with Gasteiger partial charge in [-0.1, -0.05) is 24.3 Å². The van der Waals surface area contributed by atoms with Crippen LogP contribution in [0.5, 0.6) is 0 Å². The van der Waals surface area contributed by atoms with Crippen LogP contribution in [0, 0.1) is 0 Å². The molecule has 0 aliphatic carbocycles. The van der Waals surface area contributed by atoms with Crippen LogP contribution in [0.4, 0.5) is 5.82 Å². The molecule has 0 atom stereocenters. The molecule has 2 aromatic carbocycles. The molecule has 0 bridgehead atoms. The molecular weight excluding hydrogens is 376 g/mol. The van der Waals surface area contributed by atoms with E-state index in [9.17, 15) is 13.2 Å². The first-order chi connectivity index (χ1) is 13.2. The number of benzene rings is 2. The highest BCUT2D eigenvalue weighted by Gasteiger charge is 2.19. The zero-order chi connectivity index (χ0) is 20.5. The molecule has 0 saturated heterocycles. The van der Waals surface area contributed by atoms with Crippen LogP contribution in [-0.4, -0.2) is 29.5 Å². The number of carbonyl (C=O) groups excluding carboxylic acids is 1. The lowest BCUT2D eigenvalue weighted by Crippen LogP contribution is -2.13. The number of carbonyl (C=O) groups is 1. The summed E-state index contributed by atoms with van der Waals surface area (Å²) in [6, 6.07) is 13.1. The Hall–Kier alpha value is -3.26. The molecule has 3 aromatic rings. The predicted octanol–water partition coefficient (Wildman–Crippen LogP) is 2.67. The van der Waals surface area contributed by atoms with Crippen molar-refractivity contribution >= 4 is 21.6 Å². The van der Waals surface area contributed by atoms with Crippen LogP contribution in [0.25, 0.3) is 22.5 Å². The van der Waals surface area contributed by atoms with E-state index >= 15 is 0 Å². The number of rotatable bonds is 5. The van der Waals surface area contributed by atoms with Crippen molar-refractivity contribution in [2.75, 3.05) is 5.73 Å². The van der Waals surface area contributed by atoms with Crippen LogP contribution < -0.4 is 11.5 Å². The normalized spacial score (nSPS) is 11.5. The maximum absolute atomic E-state index is 12.3. The smallest absolute Gasteiger partial charge is 0.248 e. The zero-order valence-electron chi connectivity index (χ0n) is 15.5. The van der Waals surface area contributed by atoms with Gasteiger partial charge in [0.1, 0.15) is 11.5 Å². The second-order valence-corrected chi connectivity index (χ2v) is 9.06. The van der Waals surface area contributed by atoms with Gasteiger partial charge >= 0.3 is 0 Å². The summed E-state index contributed by atoms with van der Waals surface area (Å²) in [5.74, 6) is -0.337. The Kier molecular flexibility index (Phi) is 5.15. The highest BCUT2D eigenvalue weighted by Crippen LogP contribution is 2.27. The van der Waals surface area contributed by atoms with Gasteiger partial charge in [-0.05, 0) is 38.1 Å². The first-order valence-corrected chi connectivity index (χ1v) is 10.1. The Morgan fingerprint density at radius 3 is 2.32 bits per heavy atom. The number of hydrogen-bond donors (Lipinski definition) is 2. The molecule has 144 valence electrons. The van der Waals surface area contributed by atoms with Gasteiger partial charge in [-0.2, -0.15) is 0 Å². The van der Waals surface area contributed by atoms with Crippen LogP contribution in [-0.2, 0) is 9.84 Å². The van der Waals surface area contributed by atoms with Crippen molar-refractivity contribution in [3.05, 3.63) is 60.3 Å². The minimum Gasteiger partial charge on any atom is -0.382 e. The molecule has 3 rings (SSSR count). The number of nitrogen functional groups attached to an aromatic ring is 1. The van der Waals surface area contributed by atoms with Crippen LogP contribution in [0.3, 0.4) is 0 Å². The molecule has 1 amide bonds. The standard InChI is InChI=1S/C20H20N4O3S/c1-12(2)28(26,27)16-8-6-13(7-9-16)17-11-23-19(21)18(24-17)14-4-3-5-15(10-14)20(22)25/h3-12H,1-2H3,(H2,21,23)(H2,22,25). The maximum atomic E-state index is 12.3.